The molecule has 0 unspecified atom stereocenters. The van der Waals surface area contributed by atoms with Gasteiger partial charge < -0.3 is 10.1 Å². The van der Waals surface area contributed by atoms with Gasteiger partial charge in [0, 0.05) is 10.7 Å². The van der Waals surface area contributed by atoms with E-state index in [1.807, 2.05) is 0 Å². The van der Waals surface area contributed by atoms with E-state index in [4.69, 9.17) is 39.5 Å². The zero-order valence-electron chi connectivity index (χ0n) is 11.8. The summed E-state index contributed by atoms with van der Waals surface area (Å²) in [5, 5.41) is 2.45. The van der Waals surface area contributed by atoms with Crippen molar-refractivity contribution < 1.29 is 22.7 Å². The van der Waals surface area contributed by atoms with Crippen LogP contribution in [0.2, 0.25) is 15.1 Å². The third-order valence-electron chi connectivity index (χ3n) is 2.81. The van der Waals surface area contributed by atoms with Crippen LogP contribution in [0.3, 0.4) is 0 Å². The molecule has 0 atom stereocenters. The van der Waals surface area contributed by atoms with Crippen LogP contribution in [0.5, 0.6) is 5.75 Å². The smallest absolute Gasteiger partial charge is 0.417 e. The van der Waals surface area contributed by atoms with Crippen LogP contribution < -0.4 is 10.1 Å². The van der Waals surface area contributed by atoms with E-state index in [0.717, 1.165) is 12.1 Å². The molecule has 24 heavy (non-hydrogen) atoms. The number of hydrogen-bond acceptors (Lipinski definition) is 2. The Morgan fingerprint density at radius 1 is 1.04 bits per heavy atom. The second kappa shape index (κ2) is 7.51. The lowest BCUT2D eigenvalue weighted by atomic mass is 10.2. The Balaban J connectivity index is 2.02. The highest BCUT2D eigenvalue weighted by molar-refractivity contribution is 6.35. The standard InChI is InChI=1S/C15H9Cl3F3NO2/c16-8-1-4-13(12(18)5-8)24-7-14(23)22-9-2-3-11(17)10(6-9)15(19,20)21/h1-6H,7H2,(H,22,23). The summed E-state index contributed by atoms with van der Waals surface area (Å²) in [5.41, 5.74) is -1.09. The molecule has 3 nitrogen and oxygen atoms in total. The van der Waals surface area contributed by atoms with Gasteiger partial charge in [0.25, 0.3) is 5.91 Å². The number of nitrogens with one attached hydrogen (secondary N) is 1. The number of amides is 1. The van der Waals surface area contributed by atoms with Crippen LogP contribution in [-0.4, -0.2) is 12.5 Å². The van der Waals surface area contributed by atoms with Crippen LogP contribution in [0.15, 0.2) is 36.4 Å². The minimum absolute atomic E-state index is 0.0532. The number of rotatable bonds is 4. The quantitative estimate of drug-likeness (QED) is 0.719. The molecule has 0 saturated carbocycles. The van der Waals surface area contributed by atoms with Gasteiger partial charge in [0.2, 0.25) is 0 Å². The Kier molecular flexibility index (Phi) is 5.85. The molecule has 9 heteroatoms. The molecule has 0 aliphatic rings. The average molecular weight is 399 g/mol. The Morgan fingerprint density at radius 2 is 1.75 bits per heavy atom. The van der Waals surface area contributed by atoms with Crippen LogP contribution >= 0.6 is 34.8 Å². The zero-order valence-corrected chi connectivity index (χ0v) is 14.0. The van der Waals surface area contributed by atoms with Gasteiger partial charge in [0.05, 0.1) is 15.6 Å². The number of hydrogen-bond donors (Lipinski definition) is 1. The lowest BCUT2D eigenvalue weighted by molar-refractivity contribution is -0.137. The highest BCUT2D eigenvalue weighted by atomic mass is 35.5. The SMILES string of the molecule is O=C(COc1ccc(Cl)cc1Cl)Nc1ccc(Cl)c(C(F)(F)F)c1. The fourth-order valence-corrected chi connectivity index (χ4v) is 2.44. The Hall–Kier alpha value is -1.63. The van der Waals surface area contributed by atoms with Gasteiger partial charge in [-0.15, -0.1) is 0 Å². The van der Waals surface area contributed by atoms with Crippen molar-refractivity contribution in [1.29, 1.82) is 0 Å². The number of alkyl halides is 3. The number of halogens is 6. The molecule has 0 radical (unpaired) electrons. The predicted octanol–water partition coefficient (Wildman–Crippen LogP) is 5.68. The monoisotopic (exact) mass is 397 g/mol. The molecule has 0 bridgehead atoms. The van der Waals surface area contributed by atoms with Crippen LogP contribution in [-0.2, 0) is 11.0 Å². The van der Waals surface area contributed by atoms with Crippen LogP contribution in [0, 0.1) is 0 Å². The number of ether oxygens (including phenoxy) is 1. The Morgan fingerprint density at radius 3 is 2.38 bits per heavy atom. The Bertz CT molecular complexity index is 766. The summed E-state index contributed by atoms with van der Waals surface area (Å²) in [6.07, 6.45) is -4.62. The molecular weight excluding hydrogens is 390 g/mol. The first kappa shape index (κ1) is 18.7. The molecule has 1 N–H and O–H groups in total. The summed E-state index contributed by atoms with van der Waals surface area (Å²) >= 11 is 17.1. The molecular formula is C15H9Cl3F3NO2. The van der Waals surface area contributed by atoms with E-state index in [-0.39, 0.29) is 16.5 Å². The third-order valence-corrected chi connectivity index (χ3v) is 3.67. The molecule has 2 rings (SSSR count). The highest BCUT2D eigenvalue weighted by Crippen LogP contribution is 2.36. The van der Waals surface area contributed by atoms with E-state index in [9.17, 15) is 18.0 Å². The van der Waals surface area contributed by atoms with Crippen molar-refractivity contribution in [3.63, 3.8) is 0 Å². The molecule has 0 aromatic heterocycles. The molecule has 0 saturated heterocycles. The van der Waals surface area contributed by atoms with Gasteiger partial charge in [0.1, 0.15) is 5.75 Å². The maximum absolute atomic E-state index is 12.8. The van der Waals surface area contributed by atoms with Crippen molar-refractivity contribution in [3.05, 3.63) is 57.0 Å². The molecule has 0 aliphatic heterocycles. The van der Waals surface area contributed by atoms with Crippen LogP contribution in [0.25, 0.3) is 0 Å². The summed E-state index contributed by atoms with van der Waals surface area (Å²) in [6.45, 7) is -0.439. The summed E-state index contributed by atoms with van der Waals surface area (Å²) < 4.78 is 43.5. The maximum atomic E-state index is 12.8. The fraction of sp³-hybridized carbons (Fsp3) is 0.133. The van der Waals surface area contributed by atoms with E-state index in [1.54, 1.807) is 0 Å². The summed E-state index contributed by atoms with van der Waals surface area (Å²) in [6, 6.07) is 7.49. The number of benzene rings is 2. The fourth-order valence-electron chi connectivity index (χ4n) is 1.75. The van der Waals surface area contributed by atoms with Crippen molar-refractivity contribution in [2.45, 2.75) is 6.18 Å². The van der Waals surface area contributed by atoms with Gasteiger partial charge in [-0.2, -0.15) is 13.2 Å². The molecule has 2 aromatic rings. The molecule has 0 aliphatic carbocycles. The largest absolute Gasteiger partial charge is 0.482 e. The van der Waals surface area contributed by atoms with Gasteiger partial charge in [0.15, 0.2) is 6.61 Å². The van der Waals surface area contributed by atoms with E-state index < -0.39 is 29.3 Å². The highest BCUT2D eigenvalue weighted by Gasteiger charge is 2.33. The van der Waals surface area contributed by atoms with E-state index in [2.05, 4.69) is 5.32 Å². The van der Waals surface area contributed by atoms with Crippen molar-refractivity contribution >= 4 is 46.4 Å². The zero-order chi connectivity index (χ0) is 17.9. The van der Waals surface area contributed by atoms with E-state index >= 15 is 0 Å². The second-order valence-corrected chi connectivity index (χ2v) is 5.85. The molecule has 1 amide bonds. The molecule has 0 spiro atoms. The van der Waals surface area contributed by atoms with E-state index in [0.29, 0.717) is 5.02 Å². The summed E-state index contributed by atoms with van der Waals surface area (Å²) in [7, 11) is 0. The van der Waals surface area contributed by atoms with Crippen LogP contribution in [0.4, 0.5) is 18.9 Å². The number of carbonyl (C=O) groups is 1. The van der Waals surface area contributed by atoms with Gasteiger partial charge in [-0.05, 0) is 36.4 Å². The van der Waals surface area contributed by atoms with Crippen molar-refractivity contribution in [1.82, 2.24) is 0 Å². The second-order valence-electron chi connectivity index (χ2n) is 4.60. The first-order chi connectivity index (χ1) is 11.2. The summed E-state index contributed by atoms with van der Waals surface area (Å²) in [5.74, 6) is -0.431. The van der Waals surface area contributed by atoms with Crippen molar-refractivity contribution in [3.8, 4) is 5.75 Å². The number of carbonyl (C=O) groups excluding carboxylic acids is 1. The van der Waals surface area contributed by atoms with Gasteiger partial charge in [-0.3, -0.25) is 4.79 Å². The molecule has 0 heterocycles. The molecule has 2 aromatic carbocycles. The first-order valence-electron chi connectivity index (χ1n) is 6.41. The molecule has 0 fully saturated rings. The lowest BCUT2D eigenvalue weighted by Gasteiger charge is -2.12. The molecule has 128 valence electrons. The topological polar surface area (TPSA) is 38.3 Å². The average Bonchev–Trinajstić information content (AvgIpc) is 2.47. The minimum atomic E-state index is -4.62. The van der Waals surface area contributed by atoms with E-state index in [1.165, 1.54) is 24.3 Å². The Labute approximate surface area is 150 Å². The minimum Gasteiger partial charge on any atom is -0.482 e. The van der Waals surface area contributed by atoms with Gasteiger partial charge >= 0.3 is 6.18 Å². The first-order valence-corrected chi connectivity index (χ1v) is 7.54. The van der Waals surface area contributed by atoms with Crippen molar-refractivity contribution in [2.75, 3.05) is 11.9 Å². The lowest BCUT2D eigenvalue weighted by Crippen LogP contribution is -2.20. The van der Waals surface area contributed by atoms with Gasteiger partial charge in [-0.25, -0.2) is 0 Å². The number of anilines is 1. The maximum Gasteiger partial charge on any atom is 0.417 e. The third kappa shape index (κ3) is 4.93. The predicted molar refractivity (Wildman–Crippen MR) is 87.0 cm³/mol. The van der Waals surface area contributed by atoms with Crippen molar-refractivity contribution in [2.24, 2.45) is 0 Å². The van der Waals surface area contributed by atoms with Crippen LogP contribution in [0.1, 0.15) is 5.56 Å². The normalized spacial score (nSPS) is 11.2. The van der Waals surface area contributed by atoms with Gasteiger partial charge in [-0.1, -0.05) is 34.8 Å². The summed E-state index contributed by atoms with van der Waals surface area (Å²) in [4.78, 5) is 11.8.